The highest BCUT2D eigenvalue weighted by molar-refractivity contribution is 6.31. The Morgan fingerprint density at radius 3 is 2.40 bits per heavy atom. The van der Waals surface area contributed by atoms with Crippen LogP contribution < -0.4 is 0 Å². The Morgan fingerprint density at radius 2 is 1.77 bits per heavy atom. The number of likely N-dealkylation sites (tertiary alicyclic amines) is 2. The van der Waals surface area contributed by atoms with Gasteiger partial charge in [-0.05, 0) is 36.2 Å². The number of ether oxygens (including phenoxy) is 1. The molecule has 0 aromatic heterocycles. The van der Waals surface area contributed by atoms with Gasteiger partial charge in [0, 0.05) is 41.7 Å². The Hall–Kier alpha value is -3.12. The molecular weight excluding hydrogens is 487 g/mol. The maximum absolute atomic E-state index is 12.6. The maximum Gasteiger partial charge on any atom is 0.233 e. The quantitative estimate of drug-likeness (QED) is 0.347. The zero-order chi connectivity index (χ0) is 24.4. The van der Waals surface area contributed by atoms with Gasteiger partial charge in [-0.25, -0.2) is 5.01 Å². The van der Waals surface area contributed by atoms with Crippen LogP contribution in [0.2, 0.25) is 10.0 Å². The van der Waals surface area contributed by atoms with Crippen LogP contribution in [0.4, 0.5) is 0 Å². The van der Waals surface area contributed by atoms with Crippen molar-refractivity contribution in [3.05, 3.63) is 69.7 Å². The molecule has 2 saturated heterocycles. The second-order valence-corrected chi connectivity index (χ2v) is 9.63. The number of rotatable bonds is 5. The molecular formula is C25H24Cl2N6O2. The third kappa shape index (κ3) is 5.13. The molecule has 8 nitrogen and oxygen atoms in total. The van der Waals surface area contributed by atoms with E-state index in [2.05, 4.69) is 4.99 Å². The number of benzene rings is 2. The molecule has 1 atom stereocenters. The number of carbonyl (C=O) groups is 1. The number of aliphatic imine (C=N–C) groups is 1. The standard InChI is InChI=1S/C25H24Cl2N6O2/c26-19-7-3-17(4-8-19)15-35-21-12-31(13-21)25(29-16-28)33-14-22(32-11-1-2-23(32)34)24(30-33)18-5-9-20(27)10-6-18/h3-10,21-22H,1-2,11-15H2. The first kappa shape index (κ1) is 23.6. The van der Waals surface area contributed by atoms with Crippen molar-refractivity contribution in [1.82, 2.24) is 14.8 Å². The predicted octanol–water partition coefficient (Wildman–Crippen LogP) is 3.74. The minimum absolute atomic E-state index is 0.0212. The van der Waals surface area contributed by atoms with Crippen molar-refractivity contribution in [3.8, 4) is 6.19 Å². The van der Waals surface area contributed by atoms with Gasteiger partial charge in [-0.15, -0.1) is 4.99 Å². The minimum Gasteiger partial charge on any atom is -0.370 e. The van der Waals surface area contributed by atoms with Crippen LogP contribution in [0.25, 0.3) is 0 Å². The Labute approximate surface area is 214 Å². The lowest BCUT2D eigenvalue weighted by molar-refractivity contribution is -0.128. The van der Waals surface area contributed by atoms with Crippen LogP contribution in [-0.2, 0) is 16.1 Å². The molecule has 1 amide bonds. The summed E-state index contributed by atoms with van der Waals surface area (Å²) in [6.07, 6.45) is 3.31. The Balaban J connectivity index is 1.30. The number of guanidine groups is 1. The summed E-state index contributed by atoms with van der Waals surface area (Å²) in [5.41, 5.74) is 2.72. The first-order chi connectivity index (χ1) is 17.0. The first-order valence-corrected chi connectivity index (χ1v) is 12.3. The van der Waals surface area contributed by atoms with Crippen molar-refractivity contribution in [2.45, 2.75) is 31.6 Å². The Bertz CT molecular complexity index is 1190. The largest absolute Gasteiger partial charge is 0.370 e. The fourth-order valence-electron chi connectivity index (χ4n) is 4.57. The lowest BCUT2D eigenvalue weighted by atomic mass is 10.0. The van der Waals surface area contributed by atoms with Crippen LogP contribution in [-0.4, -0.2) is 70.7 Å². The molecule has 3 aliphatic heterocycles. The number of nitrogens with zero attached hydrogens (tertiary/aromatic N) is 6. The van der Waals surface area contributed by atoms with E-state index in [-0.39, 0.29) is 18.1 Å². The Morgan fingerprint density at radius 1 is 1.09 bits per heavy atom. The van der Waals surface area contributed by atoms with Crippen LogP contribution in [0.15, 0.2) is 58.6 Å². The van der Waals surface area contributed by atoms with Crippen molar-refractivity contribution in [2.24, 2.45) is 10.1 Å². The predicted molar refractivity (Wildman–Crippen MR) is 134 cm³/mol. The molecule has 0 aliphatic carbocycles. The number of hydrogen-bond donors (Lipinski definition) is 0. The number of amides is 1. The average molecular weight is 511 g/mol. The van der Waals surface area contributed by atoms with Crippen molar-refractivity contribution < 1.29 is 9.53 Å². The van der Waals surface area contributed by atoms with Crippen LogP contribution in [0, 0.1) is 11.5 Å². The van der Waals surface area contributed by atoms with E-state index < -0.39 is 0 Å². The second kappa shape index (κ2) is 10.2. The van der Waals surface area contributed by atoms with E-state index in [4.69, 9.17) is 33.0 Å². The van der Waals surface area contributed by atoms with E-state index in [1.165, 1.54) is 0 Å². The molecule has 0 N–H and O–H groups in total. The summed E-state index contributed by atoms with van der Waals surface area (Å²) in [6.45, 7) is 2.82. The van der Waals surface area contributed by atoms with Gasteiger partial charge in [0.05, 0.1) is 31.0 Å². The minimum atomic E-state index is -0.215. The van der Waals surface area contributed by atoms with Gasteiger partial charge in [-0.2, -0.15) is 10.4 Å². The topological polar surface area (TPSA) is 84.5 Å². The van der Waals surface area contributed by atoms with E-state index >= 15 is 0 Å². The SMILES string of the molecule is N#CN=C(N1CC(OCc2ccc(Cl)cc2)C1)N1CC(N2CCCC2=O)C(c2ccc(Cl)cc2)=N1. The molecule has 2 aromatic carbocycles. The molecule has 2 aromatic rings. The summed E-state index contributed by atoms with van der Waals surface area (Å²) in [5, 5.41) is 17.3. The van der Waals surface area contributed by atoms with Crippen LogP contribution in [0.5, 0.6) is 0 Å². The average Bonchev–Trinajstić information content (AvgIpc) is 3.45. The van der Waals surface area contributed by atoms with E-state index in [1.54, 1.807) is 5.01 Å². The Kier molecular flexibility index (Phi) is 6.91. The fraction of sp³-hybridized carbons (Fsp3) is 0.360. The maximum atomic E-state index is 12.6. The van der Waals surface area contributed by atoms with E-state index in [9.17, 15) is 10.1 Å². The third-order valence-corrected chi connectivity index (χ3v) is 6.93. The van der Waals surface area contributed by atoms with Crippen LogP contribution >= 0.6 is 23.2 Å². The van der Waals surface area contributed by atoms with Crippen LogP contribution in [0.3, 0.4) is 0 Å². The summed E-state index contributed by atoms with van der Waals surface area (Å²) in [7, 11) is 0. The van der Waals surface area contributed by atoms with Crippen molar-refractivity contribution in [1.29, 1.82) is 5.26 Å². The third-order valence-electron chi connectivity index (χ3n) is 6.43. The molecule has 0 bridgehead atoms. The van der Waals surface area contributed by atoms with Gasteiger partial charge >= 0.3 is 0 Å². The normalized spacial score (nSPS) is 20.8. The molecule has 5 rings (SSSR count). The molecule has 0 saturated carbocycles. The zero-order valence-corrected chi connectivity index (χ0v) is 20.5. The highest BCUT2D eigenvalue weighted by Crippen LogP contribution is 2.27. The highest BCUT2D eigenvalue weighted by atomic mass is 35.5. The van der Waals surface area contributed by atoms with Gasteiger partial charge in [0.15, 0.2) is 0 Å². The molecule has 3 aliphatic rings. The lowest BCUT2D eigenvalue weighted by Crippen LogP contribution is -2.58. The number of hydrogen-bond acceptors (Lipinski definition) is 5. The molecule has 10 heteroatoms. The van der Waals surface area contributed by atoms with E-state index in [0.717, 1.165) is 23.3 Å². The summed E-state index contributed by atoms with van der Waals surface area (Å²) < 4.78 is 6.00. The molecule has 35 heavy (non-hydrogen) atoms. The molecule has 180 valence electrons. The van der Waals surface area contributed by atoms with Crippen molar-refractivity contribution >= 4 is 40.8 Å². The zero-order valence-electron chi connectivity index (χ0n) is 19.0. The van der Waals surface area contributed by atoms with E-state index in [0.29, 0.717) is 55.2 Å². The summed E-state index contributed by atoms with van der Waals surface area (Å²) >= 11 is 12.0. The molecule has 2 fully saturated rings. The summed E-state index contributed by atoms with van der Waals surface area (Å²) in [4.78, 5) is 20.5. The molecule has 1 unspecified atom stereocenters. The van der Waals surface area contributed by atoms with E-state index in [1.807, 2.05) is 64.5 Å². The lowest BCUT2D eigenvalue weighted by Gasteiger charge is -2.42. The smallest absolute Gasteiger partial charge is 0.233 e. The van der Waals surface area contributed by atoms with Gasteiger partial charge in [-0.3, -0.25) is 4.79 Å². The van der Waals surface area contributed by atoms with Gasteiger partial charge in [0.25, 0.3) is 0 Å². The molecule has 0 spiro atoms. The van der Waals surface area contributed by atoms with Crippen molar-refractivity contribution in [3.63, 3.8) is 0 Å². The number of halogens is 2. The van der Waals surface area contributed by atoms with Crippen molar-refractivity contribution in [2.75, 3.05) is 26.2 Å². The monoisotopic (exact) mass is 510 g/mol. The van der Waals surface area contributed by atoms with Gasteiger partial charge in [0.2, 0.25) is 18.1 Å². The second-order valence-electron chi connectivity index (χ2n) is 8.76. The molecule has 0 radical (unpaired) electrons. The van der Waals surface area contributed by atoms with Gasteiger partial charge in [-0.1, -0.05) is 47.5 Å². The first-order valence-electron chi connectivity index (χ1n) is 11.5. The van der Waals surface area contributed by atoms with Crippen LogP contribution in [0.1, 0.15) is 24.0 Å². The highest BCUT2D eigenvalue weighted by Gasteiger charge is 2.41. The summed E-state index contributed by atoms with van der Waals surface area (Å²) in [5.74, 6) is 0.594. The summed E-state index contributed by atoms with van der Waals surface area (Å²) in [6, 6.07) is 14.8. The fourth-order valence-corrected chi connectivity index (χ4v) is 4.82. The molecule has 3 heterocycles. The van der Waals surface area contributed by atoms with Gasteiger partial charge < -0.3 is 14.5 Å². The van der Waals surface area contributed by atoms with Gasteiger partial charge in [0.1, 0.15) is 0 Å². The number of carbonyl (C=O) groups excluding carboxylic acids is 1. The number of nitriles is 1. The number of hydrazone groups is 1.